The summed E-state index contributed by atoms with van der Waals surface area (Å²) in [6, 6.07) is 10.4. The second kappa shape index (κ2) is 10.4. The minimum Gasteiger partial charge on any atom is -0.353 e. The molecule has 0 aliphatic carbocycles. The maximum Gasteiger partial charge on any atom is 0.221 e. The molecule has 0 radical (unpaired) electrons. The van der Waals surface area contributed by atoms with Gasteiger partial charge in [0.25, 0.3) is 0 Å². The average Bonchev–Trinajstić information content (AvgIpc) is 3.07. The monoisotopic (exact) mass is 388 g/mol. The Hall–Kier alpha value is -1.95. The van der Waals surface area contributed by atoms with Gasteiger partial charge in [-0.25, -0.2) is 4.98 Å². The van der Waals surface area contributed by atoms with Crippen LogP contribution in [0, 0.1) is 11.8 Å². The standard InChI is InChI=1S/C21H32N4OS/c1-15(2)14-25(12-11-20(26)22-17(5)16(3)4)21-23-19(24-27-21)13-18-9-7-6-8-10-18/h6-10,15-17H,11-14H2,1-5H3,(H,22,26)/t17-/m0/s1. The molecule has 1 aromatic carbocycles. The highest BCUT2D eigenvalue weighted by Crippen LogP contribution is 2.20. The van der Waals surface area contributed by atoms with Crippen LogP contribution in [0.1, 0.15) is 52.4 Å². The number of nitrogens with zero attached hydrogens (tertiary/aromatic N) is 3. The van der Waals surface area contributed by atoms with Crippen molar-refractivity contribution in [3.8, 4) is 0 Å². The van der Waals surface area contributed by atoms with E-state index in [9.17, 15) is 4.79 Å². The smallest absolute Gasteiger partial charge is 0.221 e. The molecule has 5 nitrogen and oxygen atoms in total. The second-order valence-electron chi connectivity index (χ2n) is 7.85. The highest BCUT2D eigenvalue weighted by atomic mass is 32.1. The molecule has 1 N–H and O–H groups in total. The lowest BCUT2D eigenvalue weighted by Gasteiger charge is -2.24. The number of carbonyl (C=O) groups is 1. The Morgan fingerprint density at radius 1 is 1.15 bits per heavy atom. The average molecular weight is 389 g/mol. The van der Waals surface area contributed by atoms with Gasteiger partial charge >= 0.3 is 0 Å². The van der Waals surface area contributed by atoms with Gasteiger partial charge < -0.3 is 10.2 Å². The minimum absolute atomic E-state index is 0.0963. The number of anilines is 1. The third-order valence-electron chi connectivity index (χ3n) is 4.52. The first-order valence-electron chi connectivity index (χ1n) is 9.76. The fourth-order valence-corrected chi connectivity index (χ4v) is 3.38. The summed E-state index contributed by atoms with van der Waals surface area (Å²) in [4.78, 5) is 19.2. The predicted octanol–water partition coefficient (Wildman–Crippen LogP) is 4.14. The molecular formula is C21H32N4OS. The summed E-state index contributed by atoms with van der Waals surface area (Å²) in [6.07, 6.45) is 1.20. The van der Waals surface area contributed by atoms with Crippen LogP contribution in [0.2, 0.25) is 0 Å². The van der Waals surface area contributed by atoms with Crippen LogP contribution in [-0.2, 0) is 11.2 Å². The van der Waals surface area contributed by atoms with Gasteiger partial charge in [-0.1, -0.05) is 58.0 Å². The molecule has 148 valence electrons. The molecule has 0 aliphatic rings. The van der Waals surface area contributed by atoms with Crippen molar-refractivity contribution in [2.45, 2.75) is 53.5 Å². The second-order valence-corrected chi connectivity index (χ2v) is 8.58. The van der Waals surface area contributed by atoms with Crippen LogP contribution in [0.15, 0.2) is 30.3 Å². The zero-order valence-electron chi connectivity index (χ0n) is 17.1. The van der Waals surface area contributed by atoms with Crippen LogP contribution in [0.4, 0.5) is 5.13 Å². The maximum atomic E-state index is 12.3. The van der Waals surface area contributed by atoms with Crippen LogP contribution in [-0.4, -0.2) is 34.4 Å². The topological polar surface area (TPSA) is 58.1 Å². The van der Waals surface area contributed by atoms with Gasteiger partial charge in [-0.05, 0) is 24.3 Å². The number of nitrogens with one attached hydrogen (secondary N) is 1. The molecule has 1 aromatic heterocycles. The van der Waals surface area contributed by atoms with E-state index in [4.69, 9.17) is 4.98 Å². The highest BCUT2D eigenvalue weighted by molar-refractivity contribution is 7.09. The summed E-state index contributed by atoms with van der Waals surface area (Å²) < 4.78 is 4.53. The van der Waals surface area contributed by atoms with Crippen molar-refractivity contribution in [1.82, 2.24) is 14.7 Å². The quantitative estimate of drug-likeness (QED) is 0.664. The molecule has 0 spiro atoms. The predicted molar refractivity (Wildman–Crippen MR) is 113 cm³/mol. The van der Waals surface area contributed by atoms with E-state index in [1.54, 1.807) is 0 Å². The Morgan fingerprint density at radius 2 is 1.85 bits per heavy atom. The van der Waals surface area contributed by atoms with Crippen molar-refractivity contribution in [3.63, 3.8) is 0 Å². The molecule has 0 bridgehead atoms. The Labute approximate surface area is 167 Å². The van der Waals surface area contributed by atoms with E-state index in [-0.39, 0.29) is 11.9 Å². The van der Waals surface area contributed by atoms with E-state index in [1.807, 2.05) is 18.2 Å². The number of hydrogen-bond donors (Lipinski definition) is 1. The summed E-state index contributed by atoms with van der Waals surface area (Å²) in [5, 5.41) is 3.98. The summed E-state index contributed by atoms with van der Waals surface area (Å²) >= 11 is 1.42. The molecule has 6 heteroatoms. The van der Waals surface area contributed by atoms with Crippen molar-refractivity contribution in [1.29, 1.82) is 0 Å². The zero-order valence-corrected chi connectivity index (χ0v) is 17.9. The molecule has 0 aliphatic heterocycles. The largest absolute Gasteiger partial charge is 0.353 e. The number of hydrogen-bond acceptors (Lipinski definition) is 5. The summed E-state index contributed by atoms with van der Waals surface area (Å²) in [5.74, 6) is 1.86. The van der Waals surface area contributed by atoms with Crippen LogP contribution in [0.3, 0.4) is 0 Å². The molecule has 0 fully saturated rings. The number of amides is 1. The van der Waals surface area contributed by atoms with Crippen LogP contribution < -0.4 is 10.2 Å². The van der Waals surface area contributed by atoms with Crippen LogP contribution in [0.25, 0.3) is 0 Å². The SMILES string of the molecule is CC(C)CN(CCC(=O)N[C@@H](C)C(C)C)c1nc(Cc2ccccc2)ns1. The van der Waals surface area contributed by atoms with Gasteiger partial charge in [-0.3, -0.25) is 4.79 Å². The van der Waals surface area contributed by atoms with Crippen LogP contribution >= 0.6 is 11.5 Å². The van der Waals surface area contributed by atoms with E-state index in [2.05, 4.69) is 61.3 Å². The molecule has 2 rings (SSSR count). The van der Waals surface area contributed by atoms with Crippen LogP contribution in [0.5, 0.6) is 0 Å². The lowest BCUT2D eigenvalue weighted by molar-refractivity contribution is -0.121. The van der Waals surface area contributed by atoms with Crippen molar-refractivity contribution < 1.29 is 4.79 Å². The van der Waals surface area contributed by atoms with Crippen molar-refractivity contribution in [3.05, 3.63) is 41.7 Å². The number of aromatic nitrogens is 2. The molecule has 1 atom stereocenters. The minimum atomic E-state index is 0.0963. The Morgan fingerprint density at radius 3 is 2.48 bits per heavy atom. The molecule has 27 heavy (non-hydrogen) atoms. The van der Waals surface area contributed by atoms with Crippen molar-refractivity contribution >= 4 is 22.6 Å². The molecule has 2 aromatic rings. The van der Waals surface area contributed by atoms with E-state index in [1.165, 1.54) is 17.1 Å². The molecular weight excluding hydrogens is 356 g/mol. The van der Waals surface area contributed by atoms with Gasteiger partial charge in [0.05, 0.1) is 0 Å². The Balaban J connectivity index is 1.98. The third-order valence-corrected chi connectivity index (χ3v) is 5.33. The molecule has 1 heterocycles. The zero-order chi connectivity index (χ0) is 19.8. The molecule has 1 amide bonds. The first-order chi connectivity index (χ1) is 12.8. The molecule has 0 unspecified atom stereocenters. The van der Waals surface area contributed by atoms with E-state index in [0.29, 0.717) is 24.8 Å². The Bertz CT molecular complexity index is 699. The highest BCUT2D eigenvalue weighted by Gasteiger charge is 2.17. The maximum absolute atomic E-state index is 12.3. The first kappa shape index (κ1) is 21.4. The fourth-order valence-electron chi connectivity index (χ4n) is 2.66. The molecule has 0 saturated carbocycles. The van der Waals surface area contributed by atoms with Gasteiger partial charge in [0.15, 0.2) is 0 Å². The number of benzene rings is 1. The molecule has 0 saturated heterocycles. The fraction of sp³-hybridized carbons (Fsp3) is 0.571. The van der Waals surface area contributed by atoms with Crippen molar-refractivity contribution in [2.24, 2.45) is 11.8 Å². The van der Waals surface area contributed by atoms with Gasteiger partial charge in [0.1, 0.15) is 5.82 Å². The summed E-state index contributed by atoms with van der Waals surface area (Å²) in [6.45, 7) is 12.2. The van der Waals surface area contributed by atoms with Crippen molar-refractivity contribution in [2.75, 3.05) is 18.0 Å². The van der Waals surface area contributed by atoms with Gasteiger partial charge in [-0.2, -0.15) is 4.37 Å². The lowest BCUT2D eigenvalue weighted by Crippen LogP contribution is -2.38. The Kier molecular flexibility index (Phi) is 8.23. The number of rotatable bonds is 10. The first-order valence-corrected chi connectivity index (χ1v) is 10.5. The number of carbonyl (C=O) groups excluding carboxylic acids is 1. The van der Waals surface area contributed by atoms with E-state index in [0.717, 1.165) is 23.9 Å². The van der Waals surface area contributed by atoms with E-state index < -0.39 is 0 Å². The summed E-state index contributed by atoms with van der Waals surface area (Å²) in [7, 11) is 0. The van der Waals surface area contributed by atoms with Gasteiger partial charge in [0, 0.05) is 43.5 Å². The third kappa shape index (κ3) is 7.29. The normalized spacial score (nSPS) is 12.4. The summed E-state index contributed by atoms with van der Waals surface area (Å²) in [5.41, 5.74) is 1.21. The van der Waals surface area contributed by atoms with Gasteiger partial charge in [-0.15, -0.1) is 0 Å². The lowest BCUT2D eigenvalue weighted by atomic mass is 10.1. The van der Waals surface area contributed by atoms with E-state index >= 15 is 0 Å². The van der Waals surface area contributed by atoms with Gasteiger partial charge in [0.2, 0.25) is 11.0 Å².